The minimum absolute atomic E-state index is 0.0372. The molecule has 5 aliphatic heterocycles. The van der Waals surface area contributed by atoms with Gasteiger partial charge in [0, 0.05) is 72.3 Å². The number of aromatic amines is 3. The van der Waals surface area contributed by atoms with E-state index in [1.165, 1.54) is 22.1 Å². The van der Waals surface area contributed by atoms with Crippen LogP contribution in [0.4, 0.5) is 87.8 Å². The highest BCUT2D eigenvalue weighted by atomic mass is 32.2. The first-order valence-electron chi connectivity index (χ1n) is 24.2. The summed E-state index contributed by atoms with van der Waals surface area (Å²) in [6.45, 7) is 0. The van der Waals surface area contributed by atoms with E-state index < -0.39 is 211 Å². The predicted molar refractivity (Wildman–Crippen MR) is 266 cm³/mol. The van der Waals surface area contributed by atoms with Gasteiger partial charge in [-0.3, -0.25) is 0 Å². The molecular weight excluding hydrogens is 1190 g/mol. The van der Waals surface area contributed by atoms with Gasteiger partial charge in [-0.25, -0.2) is 97.8 Å². The van der Waals surface area contributed by atoms with Crippen LogP contribution in [0.1, 0.15) is 50.4 Å². The fraction of sp³-hybridized carbons (Fsp3) is 0.0345. The Hall–Kier alpha value is -9.53. The molecule has 13 rings (SSSR count). The zero-order valence-corrected chi connectivity index (χ0v) is 41.9. The van der Waals surface area contributed by atoms with Gasteiger partial charge in [0.1, 0.15) is 0 Å². The minimum Gasteiger partial charge on any atom is -0.355 e. The van der Waals surface area contributed by atoms with Gasteiger partial charge in [-0.1, -0.05) is 6.08 Å². The molecule has 0 saturated carbocycles. The maximum Gasteiger partial charge on any atom is 0.200 e. The van der Waals surface area contributed by atoms with Crippen molar-refractivity contribution in [3.63, 3.8) is 0 Å². The first kappa shape index (κ1) is 54.7. The third-order valence-electron chi connectivity index (χ3n) is 14.5. The smallest absolute Gasteiger partial charge is 0.200 e. The number of aromatic nitrogens is 4. The molecule has 0 spiro atoms. The summed E-state index contributed by atoms with van der Waals surface area (Å²) in [5, 5.41) is -1.41. The lowest BCUT2D eigenvalue weighted by molar-refractivity contribution is 0.376. The normalized spacial score (nSPS) is 17.1. The lowest BCUT2D eigenvalue weighted by atomic mass is 9.98. The Labute approximate surface area is 462 Å². The highest BCUT2D eigenvalue weighted by Crippen LogP contribution is 2.53. The topological polar surface area (TPSA) is 77.0 Å². The molecular formula is C58H20F20N6S. The van der Waals surface area contributed by atoms with Crippen LogP contribution in [0.5, 0.6) is 0 Å². The number of nitrogens with zero attached hydrogens (tertiary/aromatic N) is 3. The summed E-state index contributed by atoms with van der Waals surface area (Å²) in [5.41, 5.74) is -13.9. The van der Waals surface area contributed by atoms with E-state index in [0.717, 1.165) is 78.5 Å². The zero-order chi connectivity index (χ0) is 60.3. The maximum atomic E-state index is 16.4. The Morgan fingerprint density at radius 2 is 0.765 bits per heavy atom. The highest BCUT2D eigenvalue weighted by Gasteiger charge is 2.43. The third-order valence-corrected chi connectivity index (χ3v) is 15.6. The van der Waals surface area contributed by atoms with Crippen LogP contribution in [0.15, 0.2) is 106 Å². The SMILES string of the molecule is Fc1c(F)c(F)c(C2=C3C=CC(=N3)C(c3c(F)c(F)c(F)c(F)c3F)=c3ccc([nH]3)=C3c4ccc(n4C4SC=CC34)C(c3c(F)c(F)c(F)c(F)c3F)=c3ccc([nH]3)=C(c3c(F)c(F)c(F)c(F)c3F)C3=NC(=Cc4ccc2[nH]4)C=C3)c(F)c1F. The Morgan fingerprint density at radius 3 is 1.27 bits per heavy atom. The van der Waals surface area contributed by atoms with Gasteiger partial charge < -0.3 is 19.5 Å². The van der Waals surface area contributed by atoms with Gasteiger partial charge in [0.05, 0.1) is 56.1 Å². The molecule has 0 aliphatic carbocycles. The van der Waals surface area contributed by atoms with E-state index in [4.69, 9.17) is 0 Å². The molecule has 4 aromatic heterocycles. The van der Waals surface area contributed by atoms with Gasteiger partial charge in [-0.05, 0) is 84.3 Å². The van der Waals surface area contributed by atoms with Crippen LogP contribution >= 0.6 is 11.8 Å². The number of hydrogen-bond acceptors (Lipinski definition) is 3. The Kier molecular flexibility index (Phi) is 12.6. The molecule has 3 N–H and O–H groups in total. The van der Waals surface area contributed by atoms with Crippen LogP contribution in [0.25, 0.3) is 33.9 Å². The molecule has 0 amide bonds. The third kappa shape index (κ3) is 7.90. The number of benzene rings is 4. The van der Waals surface area contributed by atoms with Crippen LogP contribution in [0, 0.1) is 122 Å². The Bertz CT molecular complexity index is 4830. The molecule has 8 aromatic rings. The lowest BCUT2D eigenvalue weighted by Crippen LogP contribution is -2.23. The second-order valence-electron chi connectivity index (χ2n) is 19.1. The molecule has 6 nitrogen and oxygen atoms in total. The summed E-state index contributed by atoms with van der Waals surface area (Å²) in [5.74, 6) is -50.5. The summed E-state index contributed by atoms with van der Waals surface area (Å²) >= 11 is 1.01. The van der Waals surface area contributed by atoms with Gasteiger partial charge in [0.25, 0.3) is 0 Å². The molecule has 2 unspecified atom stereocenters. The molecule has 85 heavy (non-hydrogen) atoms. The van der Waals surface area contributed by atoms with Crippen LogP contribution < -0.4 is 21.4 Å². The number of thioether (sulfide) groups is 1. The van der Waals surface area contributed by atoms with Gasteiger partial charge >= 0.3 is 0 Å². The number of fused-ring (bicyclic) bond motifs is 10. The lowest BCUT2D eigenvalue weighted by Gasteiger charge is -2.18. The fourth-order valence-electron chi connectivity index (χ4n) is 10.8. The standard InChI is InChI=1S/C58H20F20N6S/c59-38-34(39(60)47(68)54(75)46(38)67)30-20-3-1-16(79-20)15-17-2-4-21(80-17)31(35-40(61)48(69)55(76)49(70)41(35)62)23-9-10-26(83-23)33(37-44(65)52(73)57(78)53(74)45(37)66)28-12-11-27-29(18-13-14-85-58(18)84(27)28)19-5-6-24(81-19)32(25-8-7-22(30)82-25)36-42(63)50(71)56(77)51(72)43(36)64/h1-15,18,58,79,81,83H. The minimum atomic E-state index is -2.61. The number of H-pyrrole nitrogens is 3. The molecule has 0 saturated heterocycles. The van der Waals surface area contributed by atoms with Crippen molar-refractivity contribution < 1.29 is 87.8 Å². The number of allylic oxidation sites excluding steroid dienone is 5. The molecule has 14 bridgehead atoms. The quantitative estimate of drug-likeness (QED) is 0.0917. The molecule has 428 valence electrons. The van der Waals surface area contributed by atoms with Crippen molar-refractivity contribution in [1.29, 1.82) is 0 Å². The summed E-state index contributed by atoms with van der Waals surface area (Å²) in [6.07, 6.45) is 6.26. The number of halogens is 20. The van der Waals surface area contributed by atoms with Crippen molar-refractivity contribution in [2.45, 2.75) is 5.37 Å². The largest absolute Gasteiger partial charge is 0.355 e. The van der Waals surface area contributed by atoms with Gasteiger partial charge in [-0.15, -0.1) is 11.8 Å². The van der Waals surface area contributed by atoms with Crippen molar-refractivity contribution in [1.82, 2.24) is 19.5 Å². The van der Waals surface area contributed by atoms with Crippen LogP contribution in [0.3, 0.4) is 0 Å². The van der Waals surface area contributed by atoms with E-state index in [1.807, 2.05) is 0 Å². The first-order valence-corrected chi connectivity index (χ1v) is 25.1. The molecule has 0 fully saturated rings. The number of rotatable bonds is 4. The molecule has 27 heteroatoms. The van der Waals surface area contributed by atoms with E-state index in [9.17, 15) is 17.6 Å². The average molecular weight is 1210 g/mol. The van der Waals surface area contributed by atoms with Crippen LogP contribution in [0.2, 0.25) is 0 Å². The fourth-order valence-corrected chi connectivity index (χ4v) is 12.0. The maximum absolute atomic E-state index is 16.4. The molecule has 0 radical (unpaired) electrons. The summed E-state index contributed by atoms with van der Waals surface area (Å²) < 4.78 is 312. The van der Waals surface area contributed by atoms with Gasteiger partial charge in [-0.2, -0.15) is 0 Å². The Balaban J connectivity index is 1.20. The molecule has 5 aliphatic rings. The van der Waals surface area contributed by atoms with Crippen molar-refractivity contribution in [3.05, 3.63) is 278 Å². The Morgan fingerprint density at radius 1 is 0.365 bits per heavy atom. The summed E-state index contributed by atoms with van der Waals surface area (Å²) in [7, 11) is 0. The van der Waals surface area contributed by atoms with E-state index in [1.54, 1.807) is 6.08 Å². The number of nitrogens with one attached hydrogen (secondary N) is 3. The predicted octanol–water partition coefficient (Wildman–Crippen LogP) is 12.3. The highest BCUT2D eigenvalue weighted by molar-refractivity contribution is 8.02. The van der Waals surface area contributed by atoms with Gasteiger partial charge in [0.2, 0.25) is 23.3 Å². The van der Waals surface area contributed by atoms with Crippen molar-refractivity contribution in [2.75, 3.05) is 0 Å². The monoisotopic (exact) mass is 1210 g/mol. The zero-order valence-electron chi connectivity index (χ0n) is 41.1. The van der Waals surface area contributed by atoms with Crippen LogP contribution in [-0.2, 0) is 0 Å². The second kappa shape index (κ2) is 19.5. The van der Waals surface area contributed by atoms with E-state index in [-0.39, 0.29) is 33.7 Å². The van der Waals surface area contributed by atoms with Gasteiger partial charge in [0.15, 0.2) is 93.1 Å². The van der Waals surface area contributed by atoms with Crippen LogP contribution in [-0.4, -0.2) is 30.9 Å². The summed E-state index contributed by atoms with van der Waals surface area (Å²) in [6, 6.07) is 8.50. The molecule has 9 heterocycles. The summed E-state index contributed by atoms with van der Waals surface area (Å²) in [4.78, 5) is 16.5. The number of hydrogen-bond donors (Lipinski definition) is 3. The van der Waals surface area contributed by atoms with Crippen molar-refractivity contribution in [3.8, 4) is 0 Å². The molecule has 4 aromatic carbocycles. The van der Waals surface area contributed by atoms with E-state index in [2.05, 4.69) is 24.9 Å². The second-order valence-corrected chi connectivity index (χ2v) is 20.1. The average Bonchev–Trinajstić information content (AvgIpc) is 1.67. The first-order chi connectivity index (χ1) is 40.5. The number of aliphatic imine (C=N–C) groups is 2. The van der Waals surface area contributed by atoms with Crippen molar-refractivity contribution >= 4 is 57.1 Å². The van der Waals surface area contributed by atoms with E-state index in [0.29, 0.717) is 0 Å². The molecule has 2 atom stereocenters. The van der Waals surface area contributed by atoms with E-state index >= 15 is 70.2 Å². The van der Waals surface area contributed by atoms with Crippen molar-refractivity contribution in [2.24, 2.45) is 15.9 Å².